The van der Waals surface area contributed by atoms with Gasteiger partial charge in [-0.3, -0.25) is 9.59 Å². The minimum atomic E-state index is -0.441. The number of para-hydroxylation sites is 1. The number of nitrogens with one attached hydrogen (secondary N) is 1. The molecule has 2 heterocycles. The molecular formula is C15H14N4O2S2. The largest absolute Gasteiger partial charge is 0.369 e. The van der Waals surface area contributed by atoms with Gasteiger partial charge in [-0.1, -0.05) is 12.1 Å². The number of benzene rings is 1. The van der Waals surface area contributed by atoms with E-state index in [1.54, 1.807) is 16.7 Å². The number of nitrogens with two attached hydrogens (primary N) is 1. The number of amides is 2. The first-order valence-electron chi connectivity index (χ1n) is 6.97. The lowest BCUT2D eigenvalue weighted by Crippen LogP contribution is -2.14. The lowest BCUT2D eigenvalue weighted by atomic mass is 10.3. The summed E-state index contributed by atoms with van der Waals surface area (Å²) >= 11 is 2.88. The molecule has 0 atom stereocenters. The van der Waals surface area contributed by atoms with Gasteiger partial charge < -0.3 is 11.1 Å². The average Bonchev–Trinajstić information content (AvgIpc) is 3.10. The quantitative estimate of drug-likeness (QED) is 0.716. The van der Waals surface area contributed by atoms with E-state index in [0.717, 1.165) is 15.2 Å². The van der Waals surface area contributed by atoms with Crippen molar-refractivity contribution in [1.82, 2.24) is 9.97 Å². The average molecular weight is 346 g/mol. The number of aromatic nitrogens is 2. The fraction of sp³-hybridized carbons (Fsp3) is 0.200. The smallest absolute Gasteiger partial charge is 0.226 e. The second-order valence-electron chi connectivity index (χ2n) is 4.91. The number of carbonyl (C=O) groups excluding carboxylic acids is 2. The Bertz CT molecular complexity index is 823. The highest BCUT2D eigenvalue weighted by atomic mass is 32.1. The molecule has 2 aromatic heterocycles. The first-order valence-corrected chi connectivity index (χ1v) is 8.67. The van der Waals surface area contributed by atoms with E-state index in [2.05, 4.69) is 15.3 Å². The van der Waals surface area contributed by atoms with Crippen LogP contribution >= 0.6 is 22.7 Å². The zero-order chi connectivity index (χ0) is 16.2. The van der Waals surface area contributed by atoms with Gasteiger partial charge in [-0.15, -0.1) is 22.7 Å². The predicted octanol–water partition coefficient (Wildman–Crippen LogP) is 2.35. The molecule has 0 aliphatic rings. The third-order valence-corrected chi connectivity index (χ3v) is 4.96. The van der Waals surface area contributed by atoms with Gasteiger partial charge in [0.2, 0.25) is 11.8 Å². The molecule has 3 N–H and O–H groups in total. The van der Waals surface area contributed by atoms with Gasteiger partial charge in [0.05, 0.1) is 27.3 Å². The van der Waals surface area contributed by atoms with E-state index >= 15 is 0 Å². The molecule has 2 amide bonds. The van der Waals surface area contributed by atoms with Gasteiger partial charge >= 0.3 is 0 Å². The van der Waals surface area contributed by atoms with E-state index in [1.807, 2.05) is 24.3 Å². The van der Waals surface area contributed by atoms with Crippen molar-refractivity contribution >= 4 is 49.8 Å². The number of anilines is 1. The van der Waals surface area contributed by atoms with E-state index in [4.69, 9.17) is 5.73 Å². The number of hydrogen-bond acceptors (Lipinski definition) is 6. The summed E-state index contributed by atoms with van der Waals surface area (Å²) in [7, 11) is 0. The minimum absolute atomic E-state index is 0.0814. The standard InChI is InChI=1S/C15H14N4O2S2/c16-12(20)7-9-8-22-15(17-9)19-13(21)5-6-14-18-10-3-1-2-4-11(10)23-14/h1-4,8H,5-7H2,(H2,16,20)(H,17,19,21). The molecule has 0 bridgehead atoms. The van der Waals surface area contributed by atoms with E-state index in [1.165, 1.54) is 11.3 Å². The van der Waals surface area contributed by atoms with Crippen molar-refractivity contribution in [2.24, 2.45) is 5.73 Å². The van der Waals surface area contributed by atoms with Crippen LogP contribution in [-0.2, 0) is 22.4 Å². The Hall–Kier alpha value is -2.32. The molecule has 3 rings (SSSR count). The van der Waals surface area contributed by atoms with Crippen molar-refractivity contribution in [1.29, 1.82) is 0 Å². The van der Waals surface area contributed by atoms with E-state index in [0.29, 0.717) is 23.7 Å². The highest BCUT2D eigenvalue weighted by Gasteiger charge is 2.10. The Morgan fingerprint density at radius 2 is 2.04 bits per heavy atom. The summed E-state index contributed by atoms with van der Waals surface area (Å²) in [5.41, 5.74) is 6.65. The number of primary amides is 1. The van der Waals surface area contributed by atoms with Crippen LogP contribution in [0, 0.1) is 0 Å². The molecule has 0 fully saturated rings. The molecular weight excluding hydrogens is 332 g/mol. The van der Waals surface area contributed by atoms with Crippen LogP contribution in [0.3, 0.4) is 0 Å². The van der Waals surface area contributed by atoms with Crippen LogP contribution in [0.25, 0.3) is 10.2 Å². The molecule has 0 saturated heterocycles. The molecule has 8 heteroatoms. The zero-order valence-electron chi connectivity index (χ0n) is 12.1. The molecule has 1 aromatic carbocycles. The first kappa shape index (κ1) is 15.6. The summed E-state index contributed by atoms with van der Waals surface area (Å²) in [4.78, 5) is 31.5. The topological polar surface area (TPSA) is 98.0 Å². The van der Waals surface area contributed by atoms with Crippen molar-refractivity contribution in [3.8, 4) is 0 Å². The molecule has 0 saturated carbocycles. The van der Waals surface area contributed by atoms with Crippen LogP contribution in [0.15, 0.2) is 29.6 Å². The van der Waals surface area contributed by atoms with Gasteiger partial charge in [0.15, 0.2) is 5.13 Å². The number of hydrogen-bond donors (Lipinski definition) is 2. The van der Waals surface area contributed by atoms with Gasteiger partial charge in [-0.05, 0) is 12.1 Å². The number of thiazole rings is 2. The molecule has 0 aliphatic heterocycles. The maximum atomic E-state index is 12.0. The Balaban J connectivity index is 1.54. The van der Waals surface area contributed by atoms with E-state index < -0.39 is 5.91 Å². The summed E-state index contributed by atoms with van der Waals surface area (Å²) < 4.78 is 1.12. The van der Waals surface area contributed by atoms with Gasteiger partial charge in [0, 0.05) is 18.2 Å². The zero-order valence-corrected chi connectivity index (χ0v) is 13.7. The van der Waals surface area contributed by atoms with Crippen LogP contribution in [0.5, 0.6) is 0 Å². The van der Waals surface area contributed by atoms with Crippen molar-refractivity contribution in [2.45, 2.75) is 19.3 Å². The Labute approximate surface area is 140 Å². The van der Waals surface area contributed by atoms with Gasteiger partial charge in [-0.2, -0.15) is 0 Å². The minimum Gasteiger partial charge on any atom is -0.369 e. The summed E-state index contributed by atoms with van der Waals surface area (Å²) in [6, 6.07) is 7.91. The third-order valence-electron chi connectivity index (χ3n) is 3.06. The van der Waals surface area contributed by atoms with E-state index in [-0.39, 0.29) is 12.3 Å². The van der Waals surface area contributed by atoms with Crippen LogP contribution in [-0.4, -0.2) is 21.8 Å². The molecule has 0 radical (unpaired) electrons. The molecule has 0 aliphatic carbocycles. The van der Waals surface area contributed by atoms with Crippen molar-refractivity contribution in [2.75, 3.05) is 5.32 Å². The molecule has 6 nitrogen and oxygen atoms in total. The van der Waals surface area contributed by atoms with Crippen LogP contribution in [0.2, 0.25) is 0 Å². The number of fused-ring (bicyclic) bond motifs is 1. The second kappa shape index (κ2) is 6.84. The van der Waals surface area contributed by atoms with Crippen molar-refractivity contribution < 1.29 is 9.59 Å². The Morgan fingerprint density at radius 1 is 1.22 bits per heavy atom. The summed E-state index contributed by atoms with van der Waals surface area (Å²) in [5.74, 6) is -0.562. The summed E-state index contributed by atoms with van der Waals surface area (Å²) in [6.45, 7) is 0. The Morgan fingerprint density at radius 3 is 2.83 bits per heavy atom. The molecule has 0 spiro atoms. The fourth-order valence-electron chi connectivity index (χ4n) is 2.05. The van der Waals surface area contributed by atoms with Crippen molar-refractivity contribution in [3.05, 3.63) is 40.3 Å². The highest BCUT2D eigenvalue weighted by Crippen LogP contribution is 2.22. The molecule has 23 heavy (non-hydrogen) atoms. The first-order chi connectivity index (χ1) is 11.1. The van der Waals surface area contributed by atoms with E-state index in [9.17, 15) is 9.59 Å². The third kappa shape index (κ3) is 4.11. The number of carbonyl (C=O) groups is 2. The van der Waals surface area contributed by atoms with Gasteiger partial charge in [-0.25, -0.2) is 9.97 Å². The number of aryl methyl sites for hydroxylation is 1. The molecule has 3 aromatic rings. The summed E-state index contributed by atoms with van der Waals surface area (Å²) in [5, 5.41) is 5.87. The lowest BCUT2D eigenvalue weighted by Gasteiger charge is -1.99. The molecule has 0 unspecified atom stereocenters. The second-order valence-corrected chi connectivity index (χ2v) is 6.88. The van der Waals surface area contributed by atoms with Crippen LogP contribution in [0.1, 0.15) is 17.1 Å². The van der Waals surface area contributed by atoms with Crippen molar-refractivity contribution in [3.63, 3.8) is 0 Å². The SMILES string of the molecule is NC(=O)Cc1csc(NC(=O)CCc2nc3ccccc3s2)n1. The van der Waals surface area contributed by atoms with Gasteiger partial charge in [0.25, 0.3) is 0 Å². The lowest BCUT2D eigenvalue weighted by molar-refractivity contribution is -0.117. The summed E-state index contributed by atoms with van der Waals surface area (Å²) in [6.07, 6.45) is 1.01. The number of rotatable bonds is 6. The molecule has 118 valence electrons. The maximum Gasteiger partial charge on any atom is 0.226 e. The predicted molar refractivity (Wildman–Crippen MR) is 91.6 cm³/mol. The Kier molecular flexibility index (Phi) is 4.63. The normalized spacial score (nSPS) is 10.8. The number of nitrogens with zero attached hydrogens (tertiary/aromatic N) is 2. The van der Waals surface area contributed by atoms with Crippen LogP contribution < -0.4 is 11.1 Å². The monoisotopic (exact) mass is 346 g/mol. The van der Waals surface area contributed by atoms with Gasteiger partial charge in [0.1, 0.15) is 0 Å². The maximum absolute atomic E-state index is 12.0. The van der Waals surface area contributed by atoms with Crippen LogP contribution in [0.4, 0.5) is 5.13 Å². The fourth-order valence-corrected chi connectivity index (χ4v) is 3.75. The highest BCUT2D eigenvalue weighted by molar-refractivity contribution is 7.18.